The number of unbranched alkanes of at least 4 members (excludes halogenated alkanes) is 1. The van der Waals surface area contributed by atoms with Crippen molar-refractivity contribution in [1.29, 1.82) is 0 Å². The maximum absolute atomic E-state index is 11.8. The molecule has 0 aliphatic heterocycles. The molecule has 5 nitrogen and oxygen atoms in total. The number of para-hydroxylation sites is 1. The third-order valence-corrected chi connectivity index (χ3v) is 3.80. The molecule has 0 atom stereocenters. The lowest BCUT2D eigenvalue weighted by Crippen LogP contribution is -2.29. The summed E-state index contributed by atoms with van der Waals surface area (Å²) in [5.41, 5.74) is 1.06. The van der Waals surface area contributed by atoms with Gasteiger partial charge in [-0.1, -0.05) is 37.6 Å². The second kappa shape index (κ2) is 11.0. The minimum atomic E-state index is -0.685. The van der Waals surface area contributed by atoms with Crippen molar-refractivity contribution in [3.8, 4) is 11.5 Å². The lowest BCUT2D eigenvalue weighted by atomic mass is 10.2. The molecule has 5 heteroatoms. The Bertz CT molecular complexity index is 660. The fourth-order valence-electron chi connectivity index (χ4n) is 2.51. The van der Waals surface area contributed by atoms with Crippen LogP contribution in [-0.2, 0) is 4.74 Å². The van der Waals surface area contributed by atoms with Crippen LogP contribution in [0.15, 0.2) is 54.6 Å². The largest absolute Gasteiger partial charge is 0.513 e. The summed E-state index contributed by atoms with van der Waals surface area (Å²) < 4.78 is 15.9. The predicted octanol–water partition coefficient (Wildman–Crippen LogP) is 4.91. The quantitative estimate of drug-likeness (QED) is 0.447. The molecule has 0 saturated carbocycles. The molecule has 26 heavy (non-hydrogen) atoms. The molecule has 0 heterocycles. The molecule has 0 aliphatic rings. The van der Waals surface area contributed by atoms with Gasteiger partial charge in [0.1, 0.15) is 18.1 Å². The van der Waals surface area contributed by atoms with E-state index in [2.05, 4.69) is 11.8 Å². The summed E-state index contributed by atoms with van der Waals surface area (Å²) in [7, 11) is 0. The molecule has 2 aromatic rings. The average molecular weight is 357 g/mol. The molecular formula is C21H27NO4. The number of anilines is 1. The van der Waals surface area contributed by atoms with Crippen molar-refractivity contribution in [1.82, 2.24) is 0 Å². The maximum Gasteiger partial charge on any atom is 0.513 e. The Labute approximate surface area is 155 Å². The first-order valence-electron chi connectivity index (χ1n) is 9.10. The lowest BCUT2D eigenvalue weighted by Gasteiger charge is -2.25. The Morgan fingerprint density at radius 3 is 2.46 bits per heavy atom. The summed E-state index contributed by atoms with van der Waals surface area (Å²) in [5, 5.41) is 0. The van der Waals surface area contributed by atoms with Gasteiger partial charge < -0.3 is 19.1 Å². The van der Waals surface area contributed by atoms with Crippen LogP contribution in [0.5, 0.6) is 11.5 Å². The summed E-state index contributed by atoms with van der Waals surface area (Å²) in [6.45, 7) is 6.50. The van der Waals surface area contributed by atoms with E-state index >= 15 is 0 Å². The Morgan fingerprint density at radius 1 is 0.962 bits per heavy atom. The van der Waals surface area contributed by atoms with Gasteiger partial charge in [0.25, 0.3) is 0 Å². The van der Waals surface area contributed by atoms with E-state index < -0.39 is 6.16 Å². The SMILES string of the molecule is CCCCN(CCOC(=O)Oc1ccccc1)c1cccc(OCC)c1. The number of ether oxygens (including phenoxy) is 3. The number of nitrogens with zero attached hydrogens (tertiary/aromatic N) is 1. The number of rotatable bonds is 10. The van der Waals surface area contributed by atoms with Gasteiger partial charge in [0.05, 0.1) is 13.2 Å². The van der Waals surface area contributed by atoms with E-state index in [0.29, 0.717) is 18.9 Å². The summed E-state index contributed by atoms with van der Waals surface area (Å²) in [6, 6.07) is 16.9. The number of carbonyl (C=O) groups is 1. The highest BCUT2D eigenvalue weighted by molar-refractivity contribution is 5.63. The molecule has 0 fully saturated rings. The highest BCUT2D eigenvalue weighted by atomic mass is 16.7. The fourth-order valence-corrected chi connectivity index (χ4v) is 2.51. The summed E-state index contributed by atoms with van der Waals surface area (Å²) in [6.07, 6.45) is 1.47. The Balaban J connectivity index is 1.89. The Morgan fingerprint density at radius 2 is 1.73 bits per heavy atom. The summed E-state index contributed by atoms with van der Waals surface area (Å²) in [5.74, 6) is 1.32. The van der Waals surface area contributed by atoms with Crippen molar-refractivity contribution < 1.29 is 19.0 Å². The first-order valence-corrected chi connectivity index (χ1v) is 9.10. The molecular weight excluding hydrogens is 330 g/mol. The molecule has 140 valence electrons. The molecule has 0 bridgehead atoms. The minimum absolute atomic E-state index is 0.258. The van der Waals surface area contributed by atoms with Crippen LogP contribution in [0.1, 0.15) is 26.7 Å². The molecule has 0 N–H and O–H groups in total. The number of benzene rings is 2. The molecule has 0 saturated heterocycles. The van der Waals surface area contributed by atoms with Gasteiger partial charge in [-0.2, -0.15) is 0 Å². The van der Waals surface area contributed by atoms with Crippen molar-refractivity contribution in [2.75, 3.05) is 31.2 Å². The van der Waals surface area contributed by atoms with Crippen LogP contribution in [0.2, 0.25) is 0 Å². The van der Waals surface area contributed by atoms with Crippen molar-refractivity contribution in [2.45, 2.75) is 26.7 Å². The van der Waals surface area contributed by atoms with E-state index in [1.807, 2.05) is 37.3 Å². The highest BCUT2D eigenvalue weighted by Gasteiger charge is 2.10. The number of carbonyl (C=O) groups excluding carboxylic acids is 1. The zero-order valence-corrected chi connectivity index (χ0v) is 15.5. The van der Waals surface area contributed by atoms with E-state index in [1.54, 1.807) is 24.3 Å². The molecule has 0 spiro atoms. The fraction of sp³-hybridized carbons (Fsp3) is 0.381. The second-order valence-corrected chi connectivity index (χ2v) is 5.78. The maximum atomic E-state index is 11.8. The van der Waals surface area contributed by atoms with E-state index in [1.165, 1.54) is 0 Å². The molecule has 0 aromatic heterocycles. The van der Waals surface area contributed by atoms with Crippen LogP contribution >= 0.6 is 0 Å². The number of hydrogen-bond acceptors (Lipinski definition) is 5. The molecule has 2 rings (SSSR count). The van der Waals surface area contributed by atoms with Gasteiger partial charge in [-0.05, 0) is 37.6 Å². The van der Waals surface area contributed by atoms with Gasteiger partial charge in [-0.25, -0.2) is 4.79 Å². The summed E-state index contributed by atoms with van der Waals surface area (Å²) in [4.78, 5) is 14.0. The van der Waals surface area contributed by atoms with E-state index in [-0.39, 0.29) is 6.61 Å². The average Bonchev–Trinajstić information content (AvgIpc) is 2.66. The monoisotopic (exact) mass is 357 g/mol. The summed E-state index contributed by atoms with van der Waals surface area (Å²) >= 11 is 0. The van der Waals surface area contributed by atoms with Crippen LogP contribution in [0, 0.1) is 0 Å². The van der Waals surface area contributed by atoms with E-state index in [4.69, 9.17) is 14.2 Å². The second-order valence-electron chi connectivity index (χ2n) is 5.78. The number of hydrogen-bond donors (Lipinski definition) is 0. The smallest absolute Gasteiger partial charge is 0.494 e. The standard InChI is InChI=1S/C21H27NO4/c1-3-5-14-22(18-10-9-13-20(17-18)24-4-2)15-16-25-21(23)26-19-11-7-6-8-12-19/h6-13,17H,3-5,14-16H2,1-2H3. The van der Waals surface area contributed by atoms with Crippen LogP contribution in [0.25, 0.3) is 0 Å². The topological polar surface area (TPSA) is 48.0 Å². The Hall–Kier alpha value is -2.69. The first-order chi connectivity index (χ1) is 12.7. The van der Waals surface area contributed by atoms with Gasteiger partial charge in [0.15, 0.2) is 0 Å². The Kier molecular flexibility index (Phi) is 8.33. The zero-order chi connectivity index (χ0) is 18.6. The van der Waals surface area contributed by atoms with Crippen LogP contribution in [0.3, 0.4) is 0 Å². The van der Waals surface area contributed by atoms with Crippen LogP contribution in [0.4, 0.5) is 10.5 Å². The van der Waals surface area contributed by atoms with E-state index in [0.717, 1.165) is 30.8 Å². The van der Waals surface area contributed by atoms with Crippen LogP contribution < -0.4 is 14.4 Å². The normalized spacial score (nSPS) is 10.2. The lowest BCUT2D eigenvalue weighted by molar-refractivity contribution is 0.101. The molecule has 0 amide bonds. The third kappa shape index (κ3) is 6.67. The van der Waals surface area contributed by atoms with Crippen molar-refractivity contribution in [2.24, 2.45) is 0 Å². The predicted molar refractivity (Wildman–Crippen MR) is 103 cm³/mol. The molecule has 0 aliphatic carbocycles. The van der Waals surface area contributed by atoms with Gasteiger partial charge in [0.2, 0.25) is 0 Å². The van der Waals surface area contributed by atoms with E-state index in [9.17, 15) is 4.79 Å². The molecule has 0 unspecified atom stereocenters. The van der Waals surface area contributed by atoms with Gasteiger partial charge in [0, 0.05) is 18.3 Å². The zero-order valence-electron chi connectivity index (χ0n) is 15.5. The third-order valence-electron chi connectivity index (χ3n) is 3.80. The van der Waals surface area contributed by atoms with Crippen LogP contribution in [-0.4, -0.2) is 32.5 Å². The van der Waals surface area contributed by atoms with Gasteiger partial charge >= 0.3 is 6.16 Å². The van der Waals surface area contributed by atoms with Crippen molar-refractivity contribution in [3.63, 3.8) is 0 Å². The van der Waals surface area contributed by atoms with Crippen molar-refractivity contribution >= 4 is 11.8 Å². The minimum Gasteiger partial charge on any atom is -0.494 e. The first kappa shape index (κ1) is 19.6. The molecule has 2 aromatic carbocycles. The van der Waals surface area contributed by atoms with Gasteiger partial charge in [-0.15, -0.1) is 0 Å². The highest BCUT2D eigenvalue weighted by Crippen LogP contribution is 2.21. The van der Waals surface area contributed by atoms with Gasteiger partial charge in [-0.3, -0.25) is 0 Å². The molecule has 0 radical (unpaired) electrons. The van der Waals surface area contributed by atoms with Crippen molar-refractivity contribution in [3.05, 3.63) is 54.6 Å².